The van der Waals surface area contributed by atoms with Crippen LogP contribution in [0.25, 0.3) is 0 Å². The molecule has 0 radical (unpaired) electrons. The van der Waals surface area contributed by atoms with Gasteiger partial charge in [0.1, 0.15) is 11.2 Å². The maximum absolute atomic E-state index is 11.0. The van der Waals surface area contributed by atoms with E-state index in [1.807, 2.05) is 0 Å². The molecule has 1 unspecified atom stereocenters. The molecule has 1 aromatic rings. The maximum atomic E-state index is 11.0. The number of hydrogen-bond acceptors (Lipinski definition) is 4. The first-order valence-corrected chi connectivity index (χ1v) is 4.45. The average molecular weight is 251 g/mol. The second-order valence-corrected chi connectivity index (χ2v) is 3.15. The number of nitrogens with two attached hydrogens (primary N) is 1. The van der Waals surface area contributed by atoms with E-state index >= 15 is 0 Å². The predicted octanol–water partition coefficient (Wildman–Crippen LogP) is 1.20. The quantitative estimate of drug-likeness (QED) is 0.647. The fourth-order valence-electron chi connectivity index (χ4n) is 1.04. The molecule has 1 rings (SSSR count). The van der Waals surface area contributed by atoms with Crippen molar-refractivity contribution in [2.75, 3.05) is 7.11 Å². The summed E-state index contributed by atoms with van der Waals surface area (Å²) in [6, 6.07) is 2.82. The molecule has 0 spiro atoms. The number of carbonyl (C=O) groups is 1. The van der Waals surface area contributed by atoms with Crippen LogP contribution in [0.15, 0.2) is 18.3 Å². The van der Waals surface area contributed by atoms with Crippen molar-refractivity contribution in [1.82, 2.24) is 4.98 Å². The van der Waals surface area contributed by atoms with E-state index in [1.54, 1.807) is 18.3 Å². The van der Waals surface area contributed by atoms with Crippen LogP contribution in [0.4, 0.5) is 0 Å². The fraction of sp³-hybridized carbons (Fsp3) is 0.333. The number of ether oxygens (including phenoxy) is 1. The topological polar surface area (TPSA) is 65.2 Å². The number of nitrogens with zero attached hydrogens (tertiary/aromatic N) is 1. The summed E-state index contributed by atoms with van der Waals surface area (Å²) in [4.78, 5) is 14.9. The van der Waals surface area contributed by atoms with Gasteiger partial charge in [0.05, 0.1) is 7.11 Å². The van der Waals surface area contributed by atoms with Gasteiger partial charge in [-0.25, -0.2) is 4.98 Å². The minimum atomic E-state index is -0.693. The van der Waals surface area contributed by atoms with Gasteiger partial charge in [0.25, 0.3) is 0 Å². The molecule has 0 saturated carbocycles. The Morgan fingerprint density at radius 1 is 1.73 bits per heavy atom. The highest BCUT2D eigenvalue weighted by atomic mass is 35.5. The third-order valence-corrected chi connectivity index (χ3v) is 2.12. The van der Waals surface area contributed by atoms with Gasteiger partial charge in [0.15, 0.2) is 0 Å². The summed E-state index contributed by atoms with van der Waals surface area (Å²) in [5, 5.41) is 0.367. The summed E-state index contributed by atoms with van der Waals surface area (Å²) in [7, 11) is 1.30. The molecule has 1 aromatic heterocycles. The van der Waals surface area contributed by atoms with Gasteiger partial charge in [-0.3, -0.25) is 4.79 Å². The molecule has 0 aromatic carbocycles. The normalized spacial score (nSPS) is 11.4. The number of esters is 1. The minimum Gasteiger partial charge on any atom is -0.468 e. The van der Waals surface area contributed by atoms with Crippen LogP contribution in [0.1, 0.15) is 5.56 Å². The van der Waals surface area contributed by atoms with Gasteiger partial charge in [-0.2, -0.15) is 0 Å². The van der Waals surface area contributed by atoms with Crippen molar-refractivity contribution in [2.45, 2.75) is 12.5 Å². The van der Waals surface area contributed by atoms with Gasteiger partial charge in [-0.05, 0) is 11.6 Å². The third-order valence-electron chi connectivity index (χ3n) is 1.78. The minimum absolute atomic E-state index is 0. The second kappa shape index (κ2) is 6.61. The van der Waals surface area contributed by atoms with E-state index in [9.17, 15) is 4.79 Å². The van der Waals surface area contributed by atoms with E-state index in [0.29, 0.717) is 11.6 Å². The molecule has 0 bridgehead atoms. The van der Waals surface area contributed by atoms with Crippen LogP contribution in [0.5, 0.6) is 0 Å². The lowest BCUT2D eigenvalue weighted by atomic mass is 10.1. The SMILES string of the molecule is COC(=O)C(N)Cc1cccnc1Cl.Cl. The fourth-order valence-corrected chi connectivity index (χ4v) is 1.24. The van der Waals surface area contributed by atoms with Crippen LogP contribution in [-0.2, 0) is 16.0 Å². The summed E-state index contributed by atoms with van der Waals surface area (Å²) >= 11 is 5.80. The number of hydrogen-bond donors (Lipinski definition) is 1. The lowest BCUT2D eigenvalue weighted by Gasteiger charge is -2.09. The highest BCUT2D eigenvalue weighted by molar-refractivity contribution is 6.30. The molecular weight excluding hydrogens is 239 g/mol. The van der Waals surface area contributed by atoms with Crippen LogP contribution in [0.3, 0.4) is 0 Å². The zero-order chi connectivity index (χ0) is 10.6. The van der Waals surface area contributed by atoms with Crippen LogP contribution >= 0.6 is 24.0 Å². The Morgan fingerprint density at radius 2 is 2.40 bits per heavy atom. The smallest absolute Gasteiger partial charge is 0.322 e. The molecule has 0 aliphatic heterocycles. The molecule has 0 amide bonds. The molecule has 84 valence electrons. The summed E-state index contributed by atoms with van der Waals surface area (Å²) in [5.41, 5.74) is 6.31. The van der Waals surface area contributed by atoms with Crippen molar-refractivity contribution in [3.05, 3.63) is 29.0 Å². The van der Waals surface area contributed by atoms with Crippen molar-refractivity contribution < 1.29 is 9.53 Å². The summed E-state index contributed by atoms with van der Waals surface area (Å²) in [6.07, 6.45) is 1.91. The van der Waals surface area contributed by atoms with Crippen LogP contribution in [0, 0.1) is 0 Å². The molecule has 0 fully saturated rings. The van der Waals surface area contributed by atoms with Gasteiger partial charge in [0, 0.05) is 12.6 Å². The van der Waals surface area contributed by atoms with Crippen molar-refractivity contribution >= 4 is 30.0 Å². The molecule has 0 saturated heterocycles. The number of methoxy groups -OCH3 is 1. The van der Waals surface area contributed by atoms with E-state index in [4.69, 9.17) is 17.3 Å². The summed E-state index contributed by atoms with van der Waals surface area (Å²) < 4.78 is 4.50. The number of halogens is 2. The lowest BCUT2D eigenvalue weighted by Crippen LogP contribution is -2.33. The molecule has 2 N–H and O–H groups in total. The van der Waals surface area contributed by atoms with Crippen LogP contribution < -0.4 is 5.73 Å². The first-order valence-electron chi connectivity index (χ1n) is 4.08. The number of carbonyl (C=O) groups excluding carboxylic acids is 1. The first kappa shape index (κ1) is 14.2. The van der Waals surface area contributed by atoms with Crippen molar-refractivity contribution in [3.63, 3.8) is 0 Å². The van der Waals surface area contributed by atoms with Crippen molar-refractivity contribution in [3.8, 4) is 0 Å². The molecule has 1 atom stereocenters. The molecule has 0 aliphatic carbocycles. The number of pyridine rings is 1. The molecule has 6 heteroatoms. The van der Waals surface area contributed by atoms with E-state index in [2.05, 4.69) is 9.72 Å². The van der Waals surface area contributed by atoms with Gasteiger partial charge in [0.2, 0.25) is 0 Å². The predicted molar refractivity (Wildman–Crippen MR) is 60.2 cm³/mol. The monoisotopic (exact) mass is 250 g/mol. The highest BCUT2D eigenvalue weighted by Crippen LogP contribution is 2.13. The largest absolute Gasteiger partial charge is 0.468 e. The van der Waals surface area contributed by atoms with Gasteiger partial charge in [-0.1, -0.05) is 17.7 Å². The van der Waals surface area contributed by atoms with E-state index in [0.717, 1.165) is 5.56 Å². The lowest BCUT2D eigenvalue weighted by molar-refractivity contribution is -0.142. The Hall–Kier alpha value is -0.840. The van der Waals surface area contributed by atoms with Crippen molar-refractivity contribution in [1.29, 1.82) is 0 Å². The Kier molecular flexibility index (Phi) is 6.24. The van der Waals surface area contributed by atoms with E-state index < -0.39 is 12.0 Å². The van der Waals surface area contributed by atoms with Crippen molar-refractivity contribution in [2.24, 2.45) is 5.73 Å². The summed E-state index contributed by atoms with van der Waals surface area (Å²) in [5.74, 6) is -0.454. The Balaban J connectivity index is 0.00000196. The van der Waals surface area contributed by atoms with Gasteiger partial charge in [-0.15, -0.1) is 12.4 Å². The van der Waals surface area contributed by atoms with Gasteiger partial charge < -0.3 is 10.5 Å². The molecule has 0 aliphatic rings. The number of rotatable bonds is 3. The van der Waals surface area contributed by atoms with Crippen LogP contribution in [-0.4, -0.2) is 24.1 Å². The first-order chi connectivity index (χ1) is 6.65. The molecule has 15 heavy (non-hydrogen) atoms. The third kappa shape index (κ3) is 4.03. The number of aromatic nitrogens is 1. The Morgan fingerprint density at radius 3 is 2.93 bits per heavy atom. The van der Waals surface area contributed by atoms with E-state index in [1.165, 1.54) is 7.11 Å². The molecule has 4 nitrogen and oxygen atoms in total. The standard InChI is InChI=1S/C9H11ClN2O2.ClH/c1-14-9(13)7(11)5-6-3-2-4-12-8(6)10;/h2-4,7H,5,11H2,1H3;1H. The Bertz CT molecular complexity index is 334. The molecular formula is C9H12Cl2N2O2. The second-order valence-electron chi connectivity index (χ2n) is 2.79. The zero-order valence-corrected chi connectivity index (χ0v) is 9.72. The Labute approximate surface area is 99.2 Å². The van der Waals surface area contributed by atoms with Crippen LogP contribution in [0.2, 0.25) is 5.15 Å². The maximum Gasteiger partial charge on any atom is 0.322 e. The highest BCUT2D eigenvalue weighted by Gasteiger charge is 2.15. The summed E-state index contributed by atoms with van der Waals surface area (Å²) in [6.45, 7) is 0. The van der Waals surface area contributed by atoms with E-state index in [-0.39, 0.29) is 12.4 Å². The zero-order valence-electron chi connectivity index (χ0n) is 8.14. The molecule has 1 heterocycles. The average Bonchev–Trinajstić information content (AvgIpc) is 2.20. The van der Waals surface area contributed by atoms with Gasteiger partial charge >= 0.3 is 5.97 Å².